The van der Waals surface area contributed by atoms with Crippen LogP contribution in [-0.2, 0) is 4.79 Å². The number of carbonyl (C=O) groups excluding carboxylic acids is 1. The fourth-order valence-electron chi connectivity index (χ4n) is 4.60. The number of anilines is 1. The van der Waals surface area contributed by atoms with Crippen LogP contribution in [0.4, 0.5) is 5.69 Å². The summed E-state index contributed by atoms with van der Waals surface area (Å²) in [6.07, 6.45) is 1.19. The first-order chi connectivity index (χ1) is 13.8. The largest absolute Gasteiger partial charge is 0.384 e. The van der Waals surface area contributed by atoms with Gasteiger partial charge in [0.15, 0.2) is 5.78 Å². The van der Waals surface area contributed by atoms with E-state index in [2.05, 4.69) is 19.9 Å². The van der Waals surface area contributed by atoms with E-state index in [0.717, 1.165) is 28.9 Å². The number of hydrogen-bond acceptors (Lipinski definition) is 4. The average molecular weight is 383 g/mol. The summed E-state index contributed by atoms with van der Waals surface area (Å²) in [4.78, 5) is 15.3. The molecule has 29 heavy (non-hydrogen) atoms. The SMILES string of the molecule is Cc1ccccc1C1C(C#N)=C(N)N(c2ccccc2)C2=C1C(=O)CC(C)(C)C2. The van der Waals surface area contributed by atoms with E-state index in [1.165, 1.54) is 0 Å². The minimum absolute atomic E-state index is 0.102. The maximum atomic E-state index is 13.4. The topological polar surface area (TPSA) is 70.1 Å². The molecule has 0 amide bonds. The summed E-state index contributed by atoms with van der Waals surface area (Å²) in [5, 5.41) is 10.1. The van der Waals surface area contributed by atoms with Crippen molar-refractivity contribution >= 4 is 11.5 Å². The number of nitrogens with zero attached hydrogens (tertiary/aromatic N) is 2. The van der Waals surface area contributed by atoms with Crippen molar-refractivity contribution in [2.45, 2.75) is 39.5 Å². The number of ketones is 1. The fraction of sp³-hybridized carbons (Fsp3) is 0.280. The molecule has 0 saturated heterocycles. The molecule has 0 saturated carbocycles. The molecule has 1 heterocycles. The molecule has 2 aromatic rings. The number of benzene rings is 2. The van der Waals surface area contributed by atoms with E-state index in [0.29, 0.717) is 23.4 Å². The second-order valence-electron chi connectivity index (χ2n) is 8.67. The molecule has 0 aromatic heterocycles. The van der Waals surface area contributed by atoms with Gasteiger partial charge in [0.2, 0.25) is 0 Å². The number of aryl methyl sites for hydroxylation is 1. The Kier molecular flexibility index (Phi) is 4.55. The summed E-state index contributed by atoms with van der Waals surface area (Å²) in [6, 6.07) is 20.0. The van der Waals surface area contributed by atoms with Crippen LogP contribution in [0.3, 0.4) is 0 Å². The van der Waals surface area contributed by atoms with Gasteiger partial charge in [0, 0.05) is 23.4 Å². The normalized spacial score (nSPS) is 21.1. The van der Waals surface area contributed by atoms with Crippen molar-refractivity contribution in [2.75, 3.05) is 4.90 Å². The van der Waals surface area contributed by atoms with E-state index in [9.17, 15) is 10.1 Å². The monoisotopic (exact) mass is 383 g/mol. The first kappa shape index (κ1) is 19.0. The molecular formula is C25H25N3O. The zero-order valence-electron chi connectivity index (χ0n) is 17.1. The molecule has 0 radical (unpaired) electrons. The Balaban J connectivity index is 2.03. The van der Waals surface area contributed by atoms with Crippen molar-refractivity contribution < 1.29 is 4.79 Å². The highest BCUT2D eigenvalue weighted by Gasteiger charge is 2.44. The maximum Gasteiger partial charge on any atom is 0.162 e. The van der Waals surface area contributed by atoms with Crippen molar-refractivity contribution in [1.29, 1.82) is 5.26 Å². The maximum absolute atomic E-state index is 13.4. The Morgan fingerprint density at radius 1 is 1.07 bits per heavy atom. The zero-order valence-corrected chi connectivity index (χ0v) is 17.1. The molecule has 146 valence electrons. The van der Waals surface area contributed by atoms with Gasteiger partial charge in [-0.1, -0.05) is 56.3 Å². The van der Waals surface area contributed by atoms with Crippen LogP contribution in [0.15, 0.2) is 77.3 Å². The van der Waals surface area contributed by atoms with E-state index in [1.54, 1.807) is 0 Å². The van der Waals surface area contributed by atoms with Gasteiger partial charge in [-0.3, -0.25) is 9.69 Å². The number of hydrogen-bond donors (Lipinski definition) is 1. The molecule has 4 rings (SSSR count). The minimum Gasteiger partial charge on any atom is -0.384 e. The van der Waals surface area contributed by atoms with Crippen LogP contribution < -0.4 is 10.6 Å². The highest BCUT2D eigenvalue weighted by Crippen LogP contribution is 2.50. The molecule has 4 heteroatoms. The molecular weight excluding hydrogens is 358 g/mol. The first-order valence-electron chi connectivity index (χ1n) is 9.91. The Morgan fingerprint density at radius 2 is 1.72 bits per heavy atom. The molecule has 0 fully saturated rings. The molecule has 2 N–H and O–H groups in total. The lowest BCUT2D eigenvalue weighted by atomic mass is 9.68. The van der Waals surface area contributed by atoms with Gasteiger partial charge in [0.1, 0.15) is 5.82 Å². The van der Waals surface area contributed by atoms with Crippen LogP contribution >= 0.6 is 0 Å². The van der Waals surface area contributed by atoms with E-state index in [-0.39, 0.29) is 11.2 Å². The number of carbonyl (C=O) groups is 1. The van der Waals surface area contributed by atoms with Crippen LogP contribution in [0.2, 0.25) is 0 Å². The van der Waals surface area contributed by atoms with Crippen molar-refractivity contribution in [3.8, 4) is 6.07 Å². The van der Waals surface area contributed by atoms with Gasteiger partial charge in [-0.25, -0.2) is 0 Å². The summed E-state index contributed by atoms with van der Waals surface area (Å²) in [7, 11) is 0. The molecule has 1 aliphatic heterocycles. The summed E-state index contributed by atoms with van der Waals surface area (Å²) >= 11 is 0. The molecule has 2 aliphatic rings. The van der Waals surface area contributed by atoms with E-state index < -0.39 is 5.92 Å². The van der Waals surface area contributed by atoms with Crippen molar-refractivity contribution in [3.05, 3.63) is 88.4 Å². The molecule has 1 atom stereocenters. The van der Waals surface area contributed by atoms with Crippen LogP contribution in [0.5, 0.6) is 0 Å². The Labute approximate surface area is 171 Å². The highest BCUT2D eigenvalue weighted by molar-refractivity contribution is 6.01. The van der Waals surface area contributed by atoms with Crippen molar-refractivity contribution in [3.63, 3.8) is 0 Å². The third-order valence-electron chi connectivity index (χ3n) is 5.89. The van der Waals surface area contributed by atoms with Gasteiger partial charge in [0.05, 0.1) is 17.6 Å². The van der Waals surface area contributed by atoms with Crippen LogP contribution in [0.25, 0.3) is 0 Å². The Hall–Kier alpha value is -3.32. The lowest BCUT2D eigenvalue weighted by molar-refractivity contribution is -0.118. The van der Waals surface area contributed by atoms with Crippen LogP contribution in [-0.4, -0.2) is 5.78 Å². The molecule has 1 unspecified atom stereocenters. The third-order valence-corrected chi connectivity index (χ3v) is 5.89. The lowest BCUT2D eigenvalue weighted by Crippen LogP contribution is -2.42. The molecule has 1 aliphatic carbocycles. The highest BCUT2D eigenvalue weighted by atomic mass is 16.1. The van der Waals surface area contributed by atoms with Gasteiger partial charge in [-0.15, -0.1) is 0 Å². The van der Waals surface area contributed by atoms with Crippen molar-refractivity contribution in [2.24, 2.45) is 11.1 Å². The third kappa shape index (κ3) is 3.13. The van der Waals surface area contributed by atoms with Gasteiger partial charge in [-0.05, 0) is 42.0 Å². The standard InChI is InChI=1S/C25H25N3O/c1-16-9-7-8-12-18(16)22-19(15-26)24(27)28(17-10-5-4-6-11-17)20-13-25(2,3)14-21(29)23(20)22/h4-12,22H,13-14,27H2,1-3H3. The van der Waals surface area contributed by atoms with Crippen molar-refractivity contribution in [1.82, 2.24) is 0 Å². The molecule has 4 nitrogen and oxygen atoms in total. The molecule has 0 spiro atoms. The lowest BCUT2D eigenvalue weighted by Gasteiger charge is -2.44. The molecule has 0 bridgehead atoms. The smallest absolute Gasteiger partial charge is 0.162 e. The number of Topliss-reactive ketones (excluding diaryl/α,β-unsaturated/α-hetero) is 1. The summed E-state index contributed by atoms with van der Waals surface area (Å²) in [5.41, 5.74) is 11.4. The zero-order chi connectivity index (χ0) is 20.8. The minimum atomic E-state index is -0.417. The van der Waals surface area contributed by atoms with Crippen LogP contribution in [0.1, 0.15) is 43.7 Å². The van der Waals surface area contributed by atoms with Crippen LogP contribution in [0, 0.1) is 23.7 Å². The summed E-state index contributed by atoms with van der Waals surface area (Å²) < 4.78 is 0. The summed E-state index contributed by atoms with van der Waals surface area (Å²) in [6.45, 7) is 6.24. The van der Waals surface area contributed by atoms with Gasteiger partial charge >= 0.3 is 0 Å². The number of rotatable bonds is 2. The second kappa shape index (κ2) is 6.93. The number of para-hydroxylation sites is 1. The average Bonchev–Trinajstić information content (AvgIpc) is 2.67. The first-order valence-corrected chi connectivity index (χ1v) is 9.91. The Morgan fingerprint density at radius 3 is 2.38 bits per heavy atom. The number of nitrogens with two attached hydrogens (primary N) is 1. The Bertz CT molecular complexity index is 1090. The number of allylic oxidation sites excluding steroid dienone is 3. The van der Waals surface area contributed by atoms with Gasteiger partial charge in [0.25, 0.3) is 0 Å². The van der Waals surface area contributed by atoms with Gasteiger partial charge in [-0.2, -0.15) is 5.26 Å². The predicted octanol–water partition coefficient (Wildman–Crippen LogP) is 4.94. The van der Waals surface area contributed by atoms with E-state index >= 15 is 0 Å². The quantitative estimate of drug-likeness (QED) is 0.798. The van der Waals surface area contributed by atoms with E-state index in [1.807, 2.05) is 66.4 Å². The summed E-state index contributed by atoms with van der Waals surface area (Å²) in [5.74, 6) is 0.0987. The predicted molar refractivity (Wildman–Crippen MR) is 115 cm³/mol. The second-order valence-corrected chi connectivity index (χ2v) is 8.67. The molecule has 2 aromatic carbocycles. The fourth-order valence-corrected chi connectivity index (χ4v) is 4.60. The van der Waals surface area contributed by atoms with E-state index in [4.69, 9.17) is 5.73 Å². The van der Waals surface area contributed by atoms with Gasteiger partial charge < -0.3 is 5.73 Å². The number of nitriles is 1.